The van der Waals surface area contributed by atoms with Crippen molar-refractivity contribution in [2.45, 2.75) is 19.3 Å². The van der Waals surface area contributed by atoms with Gasteiger partial charge in [0, 0.05) is 0 Å². The van der Waals surface area contributed by atoms with E-state index in [2.05, 4.69) is 0 Å². The molecule has 0 atom stereocenters. The lowest BCUT2D eigenvalue weighted by molar-refractivity contribution is -0.160. The van der Waals surface area contributed by atoms with Gasteiger partial charge in [-0.2, -0.15) is 0 Å². The zero-order valence-electron chi connectivity index (χ0n) is 8.31. The van der Waals surface area contributed by atoms with Crippen LogP contribution >= 0.6 is 0 Å². The summed E-state index contributed by atoms with van der Waals surface area (Å²) in [6, 6.07) is 9.26. The number of carbonyl (C=O) groups is 2. The van der Waals surface area contributed by atoms with Crippen LogP contribution in [0.5, 0.6) is 0 Å². The molecule has 0 amide bonds. The van der Waals surface area contributed by atoms with Crippen LogP contribution in [0.15, 0.2) is 30.3 Å². The fourth-order valence-electron chi connectivity index (χ4n) is 1.31. The Labute approximate surface area is 88.1 Å². The minimum absolute atomic E-state index is 0.0234. The van der Waals surface area contributed by atoms with Gasteiger partial charge in [0.25, 0.3) is 0 Å². The molecule has 0 aliphatic heterocycles. The van der Waals surface area contributed by atoms with Crippen molar-refractivity contribution in [2.24, 2.45) is 5.92 Å². The number of benzene rings is 1. The van der Waals surface area contributed by atoms with Crippen LogP contribution in [0.4, 0.5) is 0 Å². The molecule has 1 aromatic carbocycles. The van der Waals surface area contributed by atoms with E-state index < -0.39 is 5.97 Å². The lowest BCUT2D eigenvalue weighted by Crippen LogP contribution is -2.15. The first-order chi connectivity index (χ1) is 7.25. The maximum absolute atomic E-state index is 11.3. The number of carbonyl (C=O) groups excluding carboxylic acids is 2. The Balaban J connectivity index is 1.84. The summed E-state index contributed by atoms with van der Waals surface area (Å²) in [5.74, 6) is -0.848. The molecule has 0 aromatic heterocycles. The van der Waals surface area contributed by atoms with Crippen molar-refractivity contribution in [3.63, 3.8) is 0 Å². The summed E-state index contributed by atoms with van der Waals surface area (Å²) in [6.45, 7) is 0. The molecular formula is C12H12O3. The molecule has 0 heterocycles. The smallest absolute Gasteiger partial charge is 0.317 e. The average molecular weight is 204 g/mol. The zero-order chi connectivity index (χ0) is 10.7. The highest BCUT2D eigenvalue weighted by atomic mass is 16.6. The van der Waals surface area contributed by atoms with Crippen LogP contribution in [0, 0.1) is 5.92 Å². The van der Waals surface area contributed by atoms with Crippen LogP contribution in [-0.2, 0) is 20.7 Å². The minimum atomic E-state index is -0.460. The van der Waals surface area contributed by atoms with E-state index in [0.29, 0.717) is 0 Å². The Morgan fingerprint density at radius 1 is 1.20 bits per heavy atom. The molecule has 1 aromatic rings. The summed E-state index contributed by atoms with van der Waals surface area (Å²) in [5, 5.41) is 0. The third-order valence-electron chi connectivity index (χ3n) is 2.32. The van der Waals surface area contributed by atoms with Crippen LogP contribution in [0.1, 0.15) is 18.4 Å². The summed E-state index contributed by atoms with van der Waals surface area (Å²) >= 11 is 0. The molecule has 0 radical (unpaired) electrons. The van der Waals surface area contributed by atoms with Crippen molar-refractivity contribution in [3.8, 4) is 0 Å². The van der Waals surface area contributed by atoms with Gasteiger partial charge in [0.05, 0.1) is 12.3 Å². The lowest BCUT2D eigenvalue weighted by atomic mass is 10.2. The van der Waals surface area contributed by atoms with E-state index >= 15 is 0 Å². The first-order valence-corrected chi connectivity index (χ1v) is 5.04. The molecule has 3 nitrogen and oxygen atoms in total. The topological polar surface area (TPSA) is 43.4 Å². The maximum atomic E-state index is 11.3. The summed E-state index contributed by atoms with van der Waals surface area (Å²) < 4.78 is 4.70. The van der Waals surface area contributed by atoms with Crippen molar-refractivity contribution in [3.05, 3.63) is 35.9 Å². The summed E-state index contributed by atoms with van der Waals surface area (Å²) in [5.41, 5.74) is 0.867. The highest BCUT2D eigenvalue weighted by Gasteiger charge is 2.32. The number of hydrogen-bond acceptors (Lipinski definition) is 3. The van der Waals surface area contributed by atoms with Crippen molar-refractivity contribution < 1.29 is 14.3 Å². The van der Waals surface area contributed by atoms with E-state index in [1.807, 2.05) is 30.3 Å². The van der Waals surface area contributed by atoms with Gasteiger partial charge in [-0.1, -0.05) is 30.3 Å². The van der Waals surface area contributed by atoms with Crippen molar-refractivity contribution >= 4 is 11.9 Å². The lowest BCUT2D eigenvalue weighted by Gasteiger charge is -2.01. The first kappa shape index (κ1) is 9.90. The van der Waals surface area contributed by atoms with E-state index in [1.165, 1.54) is 0 Å². The zero-order valence-corrected chi connectivity index (χ0v) is 8.31. The first-order valence-electron chi connectivity index (χ1n) is 5.04. The third kappa shape index (κ3) is 2.91. The maximum Gasteiger partial charge on any atom is 0.317 e. The van der Waals surface area contributed by atoms with Crippen LogP contribution in [0.25, 0.3) is 0 Å². The molecule has 1 fully saturated rings. The van der Waals surface area contributed by atoms with Crippen molar-refractivity contribution in [1.29, 1.82) is 0 Å². The SMILES string of the molecule is O=C(Cc1ccccc1)OC(=O)C1CC1. The van der Waals surface area contributed by atoms with Gasteiger partial charge in [-0.25, -0.2) is 0 Å². The normalized spacial score (nSPS) is 14.7. The Hall–Kier alpha value is -1.64. The molecular weight excluding hydrogens is 192 g/mol. The van der Waals surface area contributed by atoms with E-state index in [1.54, 1.807) is 0 Å². The summed E-state index contributed by atoms with van der Waals surface area (Å²) in [7, 11) is 0. The van der Waals surface area contributed by atoms with Crippen LogP contribution in [0.3, 0.4) is 0 Å². The predicted octanol–water partition coefficient (Wildman–Crippen LogP) is 1.71. The van der Waals surface area contributed by atoms with Gasteiger partial charge in [0.1, 0.15) is 0 Å². The molecule has 1 saturated carbocycles. The molecule has 2 rings (SSSR count). The Bertz CT molecular complexity index is 366. The molecule has 1 aliphatic carbocycles. The fraction of sp³-hybridized carbons (Fsp3) is 0.333. The molecule has 15 heavy (non-hydrogen) atoms. The predicted molar refractivity (Wildman–Crippen MR) is 54.0 cm³/mol. The highest BCUT2D eigenvalue weighted by Crippen LogP contribution is 2.30. The van der Waals surface area contributed by atoms with Gasteiger partial charge in [0.15, 0.2) is 0 Å². The Kier molecular flexibility index (Phi) is 2.81. The van der Waals surface area contributed by atoms with Gasteiger partial charge >= 0.3 is 11.9 Å². The largest absolute Gasteiger partial charge is 0.393 e. The van der Waals surface area contributed by atoms with Gasteiger partial charge in [0.2, 0.25) is 0 Å². The Morgan fingerprint density at radius 2 is 1.87 bits per heavy atom. The number of rotatable bonds is 3. The molecule has 78 valence electrons. The van der Waals surface area contributed by atoms with Crippen LogP contribution in [-0.4, -0.2) is 11.9 Å². The van der Waals surface area contributed by atoms with E-state index in [-0.39, 0.29) is 18.3 Å². The van der Waals surface area contributed by atoms with Gasteiger partial charge < -0.3 is 4.74 Å². The van der Waals surface area contributed by atoms with E-state index in [4.69, 9.17) is 4.74 Å². The van der Waals surface area contributed by atoms with Crippen molar-refractivity contribution in [1.82, 2.24) is 0 Å². The number of hydrogen-bond donors (Lipinski definition) is 0. The molecule has 0 spiro atoms. The molecule has 1 aliphatic rings. The number of esters is 2. The number of ether oxygens (including phenoxy) is 1. The summed E-state index contributed by atoms with van der Waals surface area (Å²) in [6.07, 6.45) is 1.88. The molecule has 0 saturated heterocycles. The average Bonchev–Trinajstić information content (AvgIpc) is 3.01. The molecule has 0 N–H and O–H groups in total. The second-order valence-corrected chi connectivity index (χ2v) is 3.73. The second kappa shape index (κ2) is 4.26. The van der Waals surface area contributed by atoms with Crippen LogP contribution in [0.2, 0.25) is 0 Å². The van der Waals surface area contributed by atoms with Gasteiger partial charge in [-0.15, -0.1) is 0 Å². The molecule has 3 heteroatoms. The standard InChI is InChI=1S/C12H12O3/c13-11(15-12(14)10-6-7-10)8-9-4-2-1-3-5-9/h1-5,10H,6-8H2. The monoisotopic (exact) mass is 204 g/mol. The minimum Gasteiger partial charge on any atom is -0.393 e. The molecule has 0 bridgehead atoms. The quantitative estimate of drug-likeness (QED) is 0.556. The van der Waals surface area contributed by atoms with Crippen molar-refractivity contribution in [2.75, 3.05) is 0 Å². The van der Waals surface area contributed by atoms with Gasteiger partial charge in [-0.05, 0) is 18.4 Å². The van der Waals surface area contributed by atoms with E-state index in [9.17, 15) is 9.59 Å². The van der Waals surface area contributed by atoms with E-state index in [0.717, 1.165) is 18.4 Å². The highest BCUT2D eigenvalue weighted by molar-refractivity contribution is 5.88. The third-order valence-corrected chi connectivity index (χ3v) is 2.32. The summed E-state index contributed by atoms with van der Waals surface area (Å²) in [4.78, 5) is 22.5. The van der Waals surface area contributed by atoms with Crippen LogP contribution < -0.4 is 0 Å². The van der Waals surface area contributed by atoms with Gasteiger partial charge in [-0.3, -0.25) is 9.59 Å². The fourth-order valence-corrected chi connectivity index (χ4v) is 1.31. The Morgan fingerprint density at radius 3 is 2.47 bits per heavy atom. The molecule has 0 unspecified atom stereocenters. The second-order valence-electron chi connectivity index (χ2n) is 3.73.